The van der Waals surface area contributed by atoms with Crippen molar-refractivity contribution in [3.05, 3.63) is 70.5 Å². The fraction of sp³-hybridized carbons (Fsp3) is 0.500. The van der Waals surface area contributed by atoms with Gasteiger partial charge in [0.1, 0.15) is 11.6 Å². The molecular weight excluding hydrogens is 631 g/mol. The third-order valence-electron chi connectivity index (χ3n) is 9.26. The number of halogens is 7. The maximum Gasteiger partial charge on any atom is 0.416 e. The van der Waals surface area contributed by atoms with Gasteiger partial charge in [-0.25, -0.2) is 9.37 Å². The minimum atomic E-state index is -5.00. The second kappa shape index (κ2) is 12.9. The number of tetrazole rings is 1. The number of hydrogen-bond donors (Lipinski definition) is 1. The van der Waals surface area contributed by atoms with Crippen LogP contribution in [0.4, 0.5) is 42.5 Å². The Morgan fingerprint density at radius 1 is 0.894 bits per heavy atom. The minimum Gasteiger partial charge on any atom is -0.396 e. The van der Waals surface area contributed by atoms with Crippen LogP contribution in [0.15, 0.2) is 42.5 Å². The van der Waals surface area contributed by atoms with E-state index < -0.39 is 35.8 Å². The van der Waals surface area contributed by atoms with Crippen LogP contribution in [0.25, 0.3) is 10.9 Å². The molecule has 6 rings (SSSR count). The van der Waals surface area contributed by atoms with Gasteiger partial charge in [0.15, 0.2) is 0 Å². The highest BCUT2D eigenvalue weighted by molar-refractivity contribution is 5.82. The second-order valence-corrected chi connectivity index (χ2v) is 12.5. The number of aliphatic hydroxyl groups excluding tert-OH is 1. The van der Waals surface area contributed by atoms with Crippen molar-refractivity contribution in [3.63, 3.8) is 0 Å². The second-order valence-electron chi connectivity index (χ2n) is 12.5. The van der Waals surface area contributed by atoms with Gasteiger partial charge >= 0.3 is 12.4 Å². The van der Waals surface area contributed by atoms with Crippen LogP contribution >= 0.6 is 0 Å². The van der Waals surface area contributed by atoms with Crippen molar-refractivity contribution in [1.82, 2.24) is 25.2 Å². The number of anilines is 2. The number of hydrogen-bond acceptors (Lipinski definition) is 7. The first-order valence-electron chi connectivity index (χ1n) is 15.5. The molecule has 1 saturated heterocycles. The lowest BCUT2D eigenvalue weighted by Crippen LogP contribution is -2.39. The van der Waals surface area contributed by atoms with Gasteiger partial charge in [-0.1, -0.05) is 5.10 Å². The van der Waals surface area contributed by atoms with Gasteiger partial charge < -0.3 is 14.9 Å². The van der Waals surface area contributed by atoms with Crippen LogP contribution in [-0.4, -0.2) is 49.5 Å². The van der Waals surface area contributed by atoms with Gasteiger partial charge in [-0.2, -0.15) is 31.1 Å². The number of alkyl halides is 6. The van der Waals surface area contributed by atoms with E-state index in [1.165, 1.54) is 24.1 Å². The highest BCUT2D eigenvalue weighted by Crippen LogP contribution is 2.41. The fourth-order valence-corrected chi connectivity index (χ4v) is 6.97. The summed E-state index contributed by atoms with van der Waals surface area (Å²) in [7, 11) is 1.50. The summed E-state index contributed by atoms with van der Waals surface area (Å²) >= 11 is 0. The first kappa shape index (κ1) is 32.9. The number of aryl methyl sites for hydroxylation is 1. The summed E-state index contributed by atoms with van der Waals surface area (Å²) in [4.78, 5) is 9.73. The molecule has 47 heavy (non-hydrogen) atoms. The summed E-state index contributed by atoms with van der Waals surface area (Å²) in [5, 5.41) is 22.4. The van der Waals surface area contributed by atoms with Crippen LogP contribution in [0, 0.1) is 17.7 Å². The molecule has 1 saturated carbocycles. The number of rotatable bonds is 8. The zero-order valence-electron chi connectivity index (χ0n) is 25.6. The molecule has 2 fully saturated rings. The van der Waals surface area contributed by atoms with Crippen molar-refractivity contribution < 1.29 is 35.8 Å². The standard InChI is InChI=1S/C32H34F7N7O/c1-44-42-30(41-43-44)45(16-20-11-24(31(34,35)36)14-25(12-20)32(37,38)39)17-23-13-22-8-9-26(33)15-27(22)40-29(23)46-10-2-3-28(46)21-6-4-19(18-47)5-7-21/h8-9,11-15,19,21,28,47H,2-7,10,16-18H2,1H3/t19?,21?,28-/m1/s1. The summed E-state index contributed by atoms with van der Waals surface area (Å²) in [6, 6.07) is 7.66. The molecule has 0 bridgehead atoms. The number of benzene rings is 2. The smallest absolute Gasteiger partial charge is 0.396 e. The Morgan fingerprint density at radius 2 is 1.60 bits per heavy atom. The Kier molecular flexibility index (Phi) is 9.02. The number of aliphatic hydroxyl groups is 1. The first-order valence-corrected chi connectivity index (χ1v) is 15.5. The van der Waals surface area contributed by atoms with Crippen molar-refractivity contribution in [2.24, 2.45) is 18.9 Å². The van der Waals surface area contributed by atoms with Gasteiger partial charge in [-0.3, -0.25) is 0 Å². The largest absolute Gasteiger partial charge is 0.416 e. The average molecular weight is 666 g/mol. The Bertz CT molecular complexity index is 1680. The zero-order valence-corrected chi connectivity index (χ0v) is 25.6. The van der Waals surface area contributed by atoms with Crippen LogP contribution in [0.3, 0.4) is 0 Å². The minimum absolute atomic E-state index is 0.00363. The quantitative estimate of drug-likeness (QED) is 0.205. The Hall–Kier alpha value is -4.01. The molecule has 252 valence electrons. The average Bonchev–Trinajstić information content (AvgIpc) is 3.69. The normalized spacial score (nSPS) is 20.7. The van der Waals surface area contributed by atoms with Crippen LogP contribution in [0.2, 0.25) is 0 Å². The van der Waals surface area contributed by atoms with Gasteiger partial charge in [0.05, 0.1) is 23.7 Å². The molecule has 0 amide bonds. The maximum atomic E-state index is 14.3. The van der Waals surface area contributed by atoms with Gasteiger partial charge in [0, 0.05) is 49.3 Å². The van der Waals surface area contributed by atoms with Crippen LogP contribution in [0.5, 0.6) is 0 Å². The van der Waals surface area contributed by atoms with Crippen molar-refractivity contribution in [1.29, 1.82) is 0 Å². The van der Waals surface area contributed by atoms with Crippen LogP contribution < -0.4 is 9.80 Å². The van der Waals surface area contributed by atoms with E-state index in [1.807, 2.05) is 6.07 Å². The van der Waals surface area contributed by atoms with E-state index in [-0.39, 0.29) is 42.7 Å². The predicted molar refractivity (Wildman–Crippen MR) is 160 cm³/mol. The summed E-state index contributed by atoms with van der Waals surface area (Å²) in [5.74, 6) is 0.745. The summed E-state index contributed by atoms with van der Waals surface area (Å²) in [5.41, 5.74) is -2.01. The molecule has 3 heterocycles. The van der Waals surface area contributed by atoms with E-state index >= 15 is 0 Å². The number of fused-ring (bicyclic) bond motifs is 1. The molecule has 0 spiro atoms. The van der Waals surface area contributed by atoms with E-state index in [9.17, 15) is 35.8 Å². The van der Waals surface area contributed by atoms with Crippen LogP contribution in [0.1, 0.15) is 60.8 Å². The molecule has 2 aliphatic rings. The third kappa shape index (κ3) is 7.29. The molecule has 2 aromatic carbocycles. The van der Waals surface area contributed by atoms with E-state index in [4.69, 9.17) is 4.98 Å². The summed E-state index contributed by atoms with van der Waals surface area (Å²) in [6.07, 6.45) is -4.48. The van der Waals surface area contributed by atoms with Crippen molar-refractivity contribution in [3.8, 4) is 0 Å². The summed E-state index contributed by atoms with van der Waals surface area (Å²) < 4.78 is 96.6. The molecule has 1 aliphatic carbocycles. The molecule has 0 radical (unpaired) electrons. The molecule has 15 heteroatoms. The molecule has 1 atom stereocenters. The lowest BCUT2D eigenvalue weighted by molar-refractivity contribution is -0.143. The third-order valence-corrected chi connectivity index (χ3v) is 9.26. The monoisotopic (exact) mass is 665 g/mol. The van der Waals surface area contributed by atoms with Gasteiger partial charge in [0.2, 0.25) is 0 Å². The number of pyridine rings is 1. The lowest BCUT2D eigenvalue weighted by Gasteiger charge is -2.37. The first-order chi connectivity index (χ1) is 22.3. The van der Waals surface area contributed by atoms with E-state index in [0.29, 0.717) is 46.9 Å². The Balaban J connectivity index is 1.41. The fourth-order valence-electron chi connectivity index (χ4n) is 6.97. The molecule has 2 aromatic heterocycles. The Labute approximate surface area is 266 Å². The van der Waals surface area contributed by atoms with Gasteiger partial charge in [-0.05, 0) is 97.5 Å². The molecule has 1 aliphatic heterocycles. The molecule has 0 unspecified atom stereocenters. The highest BCUT2D eigenvalue weighted by Gasteiger charge is 2.38. The Morgan fingerprint density at radius 3 is 2.21 bits per heavy atom. The number of nitrogens with zero attached hydrogens (tertiary/aromatic N) is 7. The van der Waals surface area contributed by atoms with Gasteiger partial charge in [-0.15, -0.1) is 5.10 Å². The molecule has 1 N–H and O–H groups in total. The molecule has 8 nitrogen and oxygen atoms in total. The van der Waals surface area contributed by atoms with Crippen molar-refractivity contribution in [2.45, 2.75) is 70.0 Å². The lowest BCUT2D eigenvalue weighted by atomic mass is 9.78. The SMILES string of the molecule is Cn1nnc(N(Cc2cc(C(F)(F)F)cc(C(F)(F)F)c2)Cc2cc3ccc(F)cc3nc2N2CCC[C@@H]2C2CCC(CO)CC2)n1. The maximum absolute atomic E-state index is 14.3. The van der Waals surface area contributed by atoms with E-state index in [1.54, 1.807) is 6.07 Å². The highest BCUT2D eigenvalue weighted by atomic mass is 19.4. The van der Waals surface area contributed by atoms with Gasteiger partial charge in [0.25, 0.3) is 5.95 Å². The summed E-state index contributed by atoms with van der Waals surface area (Å²) in [6.45, 7) is 0.413. The van der Waals surface area contributed by atoms with Crippen molar-refractivity contribution in [2.75, 3.05) is 23.0 Å². The zero-order chi connectivity index (χ0) is 33.5. The topological polar surface area (TPSA) is 83.2 Å². The van der Waals surface area contributed by atoms with Crippen LogP contribution in [-0.2, 0) is 32.5 Å². The molecular formula is C32H34F7N7O. The van der Waals surface area contributed by atoms with Crippen molar-refractivity contribution >= 4 is 22.7 Å². The van der Waals surface area contributed by atoms with E-state index in [0.717, 1.165) is 43.3 Å². The predicted octanol–water partition coefficient (Wildman–Crippen LogP) is 6.91. The number of aromatic nitrogens is 5. The molecule has 4 aromatic rings. The van der Waals surface area contributed by atoms with E-state index in [2.05, 4.69) is 20.3 Å².